The molecule has 0 fully saturated rings. The van der Waals surface area contributed by atoms with Crippen LogP contribution >= 0.6 is 0 Å². The molecule has 0 amide bonds. The topological polar surface area (TPSA) is 33.1 Å². The van der Waals surface area contributed by atoms with Crippen molar-refractivity contribution in [1.82, 2.24) is 4.98 Å². The molecule has 0 aliphatic rings. The zero-order valence-electron chi connectivity index (χ0n) is 9.28. The van der Waals surface area contributed by atoms with Gasteiger partial charge in [-0.15, -0.1) is 0 Å². The second-order valence-electron chi connectivity index (χ2n) is 3.74. The lowest BCUT2D eigenvalue weighted by Gasteiger charge is -2.15. The Hall–Kier alpha value is -1.88. The van der Waals surface area contributed by atoms with Crippen molar-refractivity contribution in [2.45, 2.75) is 12.8 Å². The van der Waals surface area contributed by atoms with Crippen molar-refractivity contribution in [2.24, 2.45) is 0 Å². The fourth-order valence-corrected chi connectivity index (χ4v) is 1.80. The molecule has 0 atom stereocenters. The first kappa shape index (κ1) is 12.6. The van der Waals surface area contributed by atoms with E-state index in [-0.39, 0.29) is 11.1 Å². The third kappa shape index (κ3) is 2.36. The molecule has 0 bridgehead atoms. The highest BCUT2D eigenvalue weighted by molar-refractivity contribution is 5.68. The van der Waals surface area contributed by atoms with Crippen LogP contribution in [0.1, 0.15) is 11.1 Å². The number of nitrogens with zero attached hydrogens (tertiary/aromatic N) is 1. The molecule has 0 saturated heterocycles. The molecule has 1 N–H and O–H groups in total. The second-order valence-corrected chi connectivity index (χ2v) is 3.74. The van der Waals surface area contributed by atoms with E-state index in [1.165, 1.54) is 0 Å². The van der Waals surface area contributed by atoms with Crippen molar-refractivity contribution in [3.8, 4) is 11.1 Å². The molecule has 2 rings (SSSR count). The van der Waals surface area contributed by atoms with Crippen molar-refractivity contribution in [3.05, 3.63) is 53.9 Å². The fraction of sp³-hybridized carbons (Fsp3) is 0.154. The summed E-state index contributed by atoms with van der Waals surface area (Å²) in [6, 6.07) is 8.18. The molecule has 1 aromatic carbocycles. The van der Waals surface area contributed by atoms with Crippen LogP contribution in [0.3, 0.4) is 0 Å². The summed E-state index contributed by atoms with van der Waals surface area (Å²) in [4.78, 5) is 3.75. The number of rotatable bonds is 2. The van der Waals surface area contributed by atoms with E-state index in [1.54, 1.807) is 30.3 Å². The van der Waals surface area contributed by atoms with Crippen molar-refractivity contribution in [1.29, 1.82) is 0 Å². The van der Waals surface area contributed by atoms with E-state index in [4.69, 9.17) is 5.11 Å². The monoisotopic (exact) mass is 253 g/mol. The van der Waals surface area contributed by atoms with Crippen LogP contribution in [0.2, 0.25) is 0 Å². The van der Waals surface area contributed by atoms with E-state index in [1.807, 2.05) is 0 Å². The van der Waals surface area contributed by atoms with Crippen LogP contribution in [0.5, 0.6) is 0 Å². The maximum atomic E-state index is 13.0. The zero-order valence-corrected chi connectivity index (χ0v) is 9.28. The van der Waals surface area contributed by atoms with Gasteiger partial charge in [0.15, 0.2) is 0 Å². The number of alkyl halides is 3. The van der Waals surface area contributed by atoms with Gasteiger partial charge in [-0.2, -0.15) is 13.2 Å². The average molecular weight is 253 g/mol. The maximum Gasteiger partial charge on any atom is 0.417 e. The van der Waals surface area contributed by atoms with Crippen molar-refractivity contribution in [3.63, 3.8) is 0 Å². The summed E-state index contributed by atoms with van der Waals surface area (Å²) in [5, 5.41) is 9.01. The van der Waals surface area contributed by atoms with Gasteiger partial charge in [-0.25, -0.2) is 0 Å². The average Bonchev–Trinajstić information content (AvgIpc) is 2.38. The lowest BCUT2D eigenvalue weighted by atomic mass is 9.98. The zero-order chi connectivity index (χ0) is 13.2. The Morgan fingerprint density at radius 1 is 1.06 bits per heavy atom. The summed E-state index contributed by atoms with van der Waals surface area (Å²) in [7, 11) is 0. The minimum absolute atomic E-state index is 0.0188. The van der Waals surface area contributed by atoms with Crippen LogP contribution in [0, 0.1) is 0 Å². The highest BCUT2D eigenvalue weighted by atomic mass is 19.4. The normalized spacial score (nSPS) is 11.6. The first-order valence-corrected chi connectivity index (χ1v) is 5.24. The van der Waals surface area contributed by atoms with E-state index in [0.29, 0.717) is 5.56 Å². The number of benzene rings is 1. The van der Waals surface area contributed by atoms with Gasteiger partial charge < -0.3 is 5.11 Å². The van der Waals surface area contributed by atoms with Gasteiger partial charge in [0.2, 0.25) is 0 Å². The van der Waals surface area contributed by atoms with E-state index in [2.05, 4.69) is 4.98 Å². The SMILES string of the molecule is OCc1cncc(-c2ccccc2)c1C(F)(F)F. The smallest absolute Gasteiger partial charge is 0.392 e. The van der Waals surface area contributed by atoms with Gasteiger partial charge in [0.25, 0.3) is 0 Å². The van der Waals surface area contributed by atoms with Crippen LogP contribution in [-0.4, -0.2) is 10.1 Å². The number of halogens is 3. The van der Waals surface area contributed by atoms with E-state index < -0.39 is 18.3 Å². The first-order valence-electron chi connectivity index (χ1n) is 5.24. The maximum absolute atomic E-state index is 13.0. The lowest BCUT2D eigenvalue weighted by Crippen LogP contribution is -2.12. The first-order chi connectivity index (χ1) is 8.54. The Kier molecular flexibility index (Phi) is 3.34. The molecule has 2 nitrogen and oxygen atoms in total. The summed E-state index contributed by atoms with van der Waals surface area (Å²) in [5.41, 5.74) is -0.641. The van der Waals surface area contributed by atoms with Crippen LogP contribution in [0.15, 0.2) is 42.7 Å². The second kappa shape index (κ2) is 4.78. The standard InChI is InChI=1S/C13H10F3NO/c14-13(15,16)12-10(8-18)6-17-7-11(12)9-4-2-1-3-5-9/h1-7,18H,8H2. The molecule has 18 heavy (non-hydrogen) atoms. The van der Waals surface area contributed by atoms with Gasteiger partial charge in [-0.1, -0.05) is 30.3 Å². The number of aliphatic hydroxyl groups is 1. The number of hydrogen-bond acceptors (Lipinski definition) is 2. The molecule has 0 spiro atoms. The number of aromatic nitrogens is 1. The molecule has 1 aromatic heterocycles. The predicted octanol–water partition coefficient (Wildman–Crippen LogP) is 3.26. The van der Waals surface area contributed by atoms with Crippen molar-refractivity contribution < 1.29 is 18.3 Å². The van der Waals surface area contributed by atoms with Gasteiger partial charge in [0.1, 0.15) is 0 Å². The molecule has 2 aromatic rings. The third-order valence-electron chi connectivity index (χ3n) is 2.56. The Bertz CT molecular complexity index is 538. The highest BCUT2D eigenvalue weighted by Gasteiger charge is 2.36. The molecular formula is C13H10F3NO. The lowest BCUT2D eigenvalue weighted by molar-refractivity contribution is -0.138. The number of aliphatic hydroxyl groups excluding tert-OH is 1. The van der Waals surface area contributed by atoms with Crippen molar-refractivity contribution in [2.75, 3.05) is 0 Å². The minimum atomic E-state index is -4.52. The van der Waals surface area contributed by atoms with Crippen LogP contribution < -0.4 is 0 Å². The fourth-order valence-electron chi connectivity index (χ4n) is 1.80. The van der Waals surface area contributed by atoms with Gasteiger partial charge in [-0.3, -0.25) is 4.98 Å². The molecular weight excluding hydrogens is 243 g/mol. The summed E-state index contributed by atoms with van der Waals surface area (Å²) in [5.74, 6) is 0. The van der Waals surface area contributed by atoms with Crippen LogP contribution in [0.4, 0.5) is 13.2 Å². The molecule has 0 radical (unpaired) electrons. The van der Waals surface area contributed by atoms with Gasteiger partial charge in [-0.05, 0) is 5.56 Å². The molecule has 5 heteroatoms. The van der Waals surface area contributed by atoms with E-state index in [9.17, 15) is 13.2 Å². The van der Waals surface area contributed by atoms with E-state index >= 15 is 0 Å². The number of hydrogen-bond donors (Lipinski definition) is 1. The van der Waals surface area contributed by atoms with Gasteiger partial charge in [0.05, 0.1) is 12.2 Å². The predicted molar refractivity (Wildman–Crippen MR) is 60.6 cm³/mol. The molecule has 0 unspecified atom stereocenters. The minimum Gasteiger partial charge on any atom is -0.392 e. The van der Waals surface area contributed by atoms with Crippen LogP contribution in [0.25, 0.3) is 11.1 Å². The van der Waals surface area contributed by atoms with Gasteiger partial charge >= 0.3 is 6.18 Å². The van der Waals surface area contributed by atoms with Crippen LogP contribution in [-0.2, 0) is 12.8 Å². The summed E-state index contributed by atoms with van der Waals surface area (Å²) in [6.45, 7) is -0.692. The Morgan fingerprint density at radius 2 is 1.72 bits per heavy atom. The summed E-state index contributed by atoms with van der Waals surface area (Å²) in [6.07, 6.45) is -2.32. The Balaban J connectivity index is 2.68. The quantitative estimate of drug-likeness (QED) is 0.891. The molecule has 94 valence electrons. The van der Waals surface area contributed by atoms with Gasteiger partial charge in [0, 0.05) is 23.5 Å². The van der Waals surface area contributed by atoms with E-state index in [0.717, 1.165) is 12.4 Å². The summed E-state index contributed by atoms with van der Waals surface area (Å²) >= 11 is 0. The Morgan fingerprint density at radius 3 is 2.28 bits per heavy atom. The molecule has 0 aliphatic carbocycles. The largest absolute Gasteiger partial charge is 0.417 e. The van der Waals surface area contributed by atoms with Crippen molar-refractivity contribution >= 4 is 0 Å². The molecule has 1 heterocycles. The third-order valence-corrected chi connectivity index (χ3v) is 2.56. The highest BCUT2D eigenvalue weighted by Crippen LogP contribution is 2.38. The Labute approximate surface area is 102 Å². The molecule has 0 aliphatic heterocycles. The molecule has 0 saturated carbocycles. The summed E-state index contributed by atoms with van der Waals surface area (Å²) < 4.78 is 39.1. The number of pyridine rings is 1.